The van der Waals surface area contributed by atoms with E-state index in [2.05, 4.69) is 0 Å². The van der Waals surface area contributed by atoms with Crippen molar-refractivity contribution in [2.24, 2.45) is 0 Å². The maximum Gasteiger partial charge on any atom is 0.332 e. The molecule has 0 saturated carbocycles. The molecule has 0 aromatic heterocycles. The van der Waals surface area contributed by atoms with E-state index in [1.54, 1.807) is 11.8 Å². The number of carboxylic acid groups (broad SMARTS) is 1. The number of nitrogens with zero attached hydrogens (tertiary/aromatic N) is 1. The summed E-state index contributed by atoms with van der Waals surface area (Å²) in [7, 11) is 0. The zero-order valence-corrected chi connectivity index (χ0v) is 12.2. The molecule has 0 heterocycles. The van der Waals surface area contributed by atoms with E-state index in [0.29, 0.717) is 19.7 Å². The number of hydrogen-bond acceptors (Lipinski definition) is 5. The van der Waals surface area contributed by atoms with Gasteiger partial charge in [0.15, 0.2) is 0 Å². The van der Waals surface area contributed by atoms with Gasteiger partial charge in [-0.2, -0.15) is 0 Å². The van der Waals surface area contributed by atoms with E-state index in [4.69, 9.17) is 14.6 Å². The quantitative estimate of drug-likeness (QED) is 0.515. The Morgan fingerprint density at radius 1 is 1.24 bits per heavy atom. The molecule has 1 aromatic carbocycles. The smallest absolute Gasteiger partial charge is 0.332 e. The van der Waals surface area contributed by atoms with Crippen LogP contribution in [0.15, 0.2) is 30.3 Å². The Morgan fingerprint density at radius 3 is 2.57 bits per heavy atom. The van der Waals surface area contributed by atoms with Crippen molar-refractivity contribution in [3.63, 3.8) is 0 Å². The largest absolute Gasteiger partial charge is 0.480 e. The zero-order chi connectivity index (χ0) is 15.5. The Kier molecular flexibility index (Phi) is 8.08. The topological polar surface area (TPSA) is 76.1 Å². The number of rotatable bonds is 10. The third kappa shape index (κ3) is 8.06. The second-order valence-corrected chi connectivity index (χ2v) is 4.45. The highest BCUT2D eigenvalue weighted by Crippen LogP contribution is 2.04. The molecule has 0 aliphatic heterocycles. The van der Waals surface area contributed by atoms with Crippen LogP contribution in [0.25, 0.3) is 0 Å². The number of carboxylic acids is 1. The molecule has 0 aliphatic carbocycles. The van der Waals surface area contributed by atoms with Crippen molar-refractivity contribution in [2.75, 3.05) is 32.9 Å². The van der Waals surface area contributed by atoms with Gasteiger partial charge in [0.1, 0.15) is 6.61 Å². The van der Waals surface area contributed by atoms with Crippen LogP contribution in [-0.2, 0) is 25.6 Å². The molecule has 21 heavy (non-hydrogen) atoms. The summed E-state index contributed by atoms with van der Waals surface area (Å²) in [6.45, 7) is 3.10. The van der Waals surface area contributed by atoms with E-state index in [1.165, 1.54) is 0 Å². The van der Waals surface area contributed by atoms with Gasteiger partial charge in [0.25, 0.3) is 0 Å². The van der Waals surface area contributed by atoms with Gasteiger partial charge in [-0.25, -0.2) is 4.79 Å². The van der Waals surface area contributed by atoms with Crippen LogP contribution in [0, 0.1) is 0 Å². The first-order chi connectivity index (χ1) is 10.1. The summed E-state index contributed by atoms with van der Waals surface area (Å²) in [5.74, 6) is -1.30. The number of esters is 1. The highest BCUT2D eigenvalue weighted by Gasteiger charge is 2.11. The van der Waals surface area contributed by atoms with E-state index >= 15 is 0 Å². The summed E-state index contributed by atoms with van der Waals surface area (Å²) in [6, 6.07) is 9.60. The van der Waals surface area contributed by atoms with Crippen molar-refractivity contribution in [3.05, 3.63) is 35.9 Å². The Labute approximate surface area is 124 Å². The zero-order valence-electron chi connectivity index (χ0n) is 12.2. The Balaban J connectivity index is 2.36. The highest BCUT2D eigenvalue weighted by atomic mass is 16.6. The Morgan fingerprint density at radius 2 is 1.95 bits per heavy atom. The lowest BCUT2D eigenvalue weighted by atomic mass is 10.2. The van der Waals surface area contributed by atoms with Gasteiger partial charge in [0, 0.05) is 13.1 Å². The number of benzene rings is 1. The first kappa shape index (κ1) is 17.1. The SMILES string of the molecule is CCOC(=O)COCCN(CC(=O)O)Cc1ccccc1. The van der Waals surface area contributed by atoms with Crippen molar-refractivity contribution < 1.29 is 24.2 Å². The first-order valence-corrected chi connectivity index (χ1v) is 6.83. The predicted octanol–water partition coefficient (Wildman–Crippen LogP) is 1.15. The van der Waals surface area contributed by atoms with Gasteiger partial charge in [0.2, 0.25) is 0 Å². The van der Waals surface area contributed by atoms with Gasteiger partial charge in [-0.05, 0) is 12.5 Å². The summed E-state index contributed by atoms with van der Waals surface area (Å²) in [5.41, 5.74) is 1.03. The predicted molar refractivity (Wildman–Crippen MR) is 76.8 cm³/mol. The molecule has 0 radical (unpaired) electrons. The Hall–Kier alpha value is -1.92. The van der Waals surface area contributed by atoms with E-state index in [-0.39, 0.29) is 19.8 Å². The maximum atomic E-state index is 11.1. The Bertz CT molecular complexity index is 435. The lowest BCUT2D eigenvalue weighted by molar-refractivity contribution is -0.149. The fourth-order valence-corrected chi connectivity index (χ4v) is 1.80. The number of carbonyl (C=O) groups is 2. The fraction of sp³-hybridized carbons (Fsp3) is 0.467. The maximum absolute atomic E-state index is 11.1. The minimum atomic E-state index is -0.892. The molecule has 0 atom stereocenters. The lowest BCUT2D eigenvalue weighted by Gasteiger charge is -2.20. The summed E-state index contributed by atoms with van der Waals surface area (Å²) in [4.78, 5) is 23.7. The molecule has 6 heteroatoms. The van der Waals surface area contributed by atoms with Crippen molar-refractivity contribution in [3.8, 4) is 0 Å². The third-order valence-corrected chi connectivity index (χ3v) is 2.68. The lowest BCUT2D eigenvalue weighted by Crippen LogP contribution is -2.32. The number of carbonyl (C=O) groups excluding carboxylic acids is 1. The average Bonchev–Trinajstić information content (AvgIpc) is 2.44. The van der Waals surface area contributed by atoms with Crippen molar-refractivity contribution in [2.45, 2.75) is 13.5 Å². The average molecular weight is 295 g/mol. The van der Waals surface area contributed by atoms with Crippen LogP contribution in [0.1, 0.15) is 12.5 Å². The molecule has 0 fully saturated rings. The molecule has 1 N–H and O–H groups in total. The fourth-order valence-electron chi connectivity index (χ4n) is 1.80. The van der Waals surface area contributed by atoms with E-state index in [9.17, 15) is 9.59 Å². The standard InChI is InChI=1S/C15H21NO5/c1-2-21-15(19)12-20-9-8-16(11-14(17)18)10-13-6-4-3-5-7-13/h3-7H,2,8-12H2,1H3,(H,17,18). The molecule has 0 bridgehead atoms. The van der Waals surface area contributed by atoms with Crippen molar-refractivity contribution in [1.29, 1.82) is 0 Å². The van der Waals surface area contributed by atoms with E-state index < -0.39 is 11.9 Å². The molecule has 0 saturated heterocycles. The number of hydrogen-bond donors (Lipinski definition) is 1. The summed E-state index contributed by atoms with van der Waals surface area (Å²) in [5, 5.41) is 8.92. The highest BCUT2D eigenvalue weighted by molar-refractivity contribution is 5.70. The second-order valence-electron chi connectivity index (χ2n) is 4.45. The van der Waals surface area contributed by atoms with Gasteiger partial charge in [0.05, 0.1) is 19.8 Å². The number of aliphatic carboxylic acids is 1. The van der Waals surface area contributed by atoms with Crippen LogP contribution in [-0.4, -0.2) is 54.9 Å². The molecule has 116 valence electrons. The summed E-state index contributed by atoms with van der Waals surface area (Å²) >= 11 is 0. The molecule has 0 aliphatic rings. The van der Waals surface area contributed by atoms with Crippen LogP contribution in [0.2, 0.25) is 0 Å². The summed E-state index contributed by atoms with van der Waals surface area (Å²) < 4.78 is 9.93. The van der Waals surface area contributed by atoms with Gasteiger partial charge < -0.3 is 14.6 Å². The van der Waals surface area contributed by atoms with Crippen LogP contribution in [0.3, 0.4) is 0 Å². The molecule has 0 unspecified atom stereocenters. The van der Waals surface area contributed by atoms with Crippen molar-refractivity contribution >= 4 is 11.9 Å². The van der Waals surface area contributed by atoms with E-state index in [0.717, 1.165) is 5.56 Å². The molecular formula is C15H21NO5. The van der Waals surface area contributed by atoms with Crippen LogP contribution < -0.4 is 0 Å². The summed E-state index contributed by atoms with van der Waals surface area (Å²) in [6.07, 6.45) is 0. The minimum absolute atomic E-state index is 0.0718. The van der Waals surface area contributed by atoms with Gasteiger partial charge in [-0.15, -0.1) is 0 Å². The molecule has 0 amide bonds. The molecule has 1 aromatic rings. The minimum Gasteiger partial charge on any atom is -0.480 e. The van der Waals surface area contributed by atoms with Gasteiger partial charge in [-0.1, -0.05) is 30.3 Å². The molecule has 6 nitrogen and oxygen atoms in total. The second kappa shape index (κ2) is 9.90. The third-order valence-electron chi connectivity index (χ3n) is 2.68. The van der Waals surface area contributed by atoms with Crippen molar-refractivity contribution in [1.82, 2.24) is 4.90 Å². The molecule has 0 spiro atoms. The van der Waals surface area contributed by atoms with Crippen LogP contribution in [0.4, 0.5) is 0 Å². The van der Waals surface area contributed by atoms with E-state index in [1.807, 2.05) is 30.3 Å². The molecular weight excluding hydrogens is 274 g/mol. The number of ether oxygens (including phenoxy) is 2. The molecule has 1 rings (SSSR count). The first-order valence-electron chi connectivity index (χ1n) is 6.83. The van der Waals surface area contributed by atoms with Crippen LogP contribution >= 0.6 is 0 Å². The van der Waals surface area contributed by atoms with Gasteiger partial charge >= 0.3 is 11.9 Å². The van der Waals surface area contributed by atoms with Crippen LogP contribution in [0.5, 0.6) is 0 Å². The normalized spacial score (nSPS) is 10.6. The monoisotopic (exact) mass is 295 g/mol. The van der Waals surface area contributed by atoms with Gasteiger partial charge in [-0.3, -0.25) is 9.69 Å².